The second-order valence-corrected chi connectivity index (χ2v) is 5.53. The lowest BCUT2D eigenvalue weighted by molar-refractivity contribution is 0.357. The first-order chi connectivity index (χ1) is 8.27. The minimum absolute atomic E-state index is 0.654. The van der Waals surface area contributed by atoms with Crippen molar-refractivity contribution in [1.82, 2.24) is 4.57 Å². The lowest BCUT2D eigenvalue weighted by Crippen LogP contribution is -2.13. The van der Waals surface area contributed by atoms with Gasteiger partial charge in [-0.05, 0) is 31.9 Å². The van der Waals surface area contributed by atoms with Crippen LogP contribution in [-0.2, 0) is 0 Å². The van der Waals surface area contributed by atoms with Crippen LogP contribution in [0.3, 0.4) is 0 Å². The van der Waals surface area contributed by atoms with Gasteiger partial charge in [0.05, 0.1) is 10.5 Å². The first kappa shape index (κ1) is 11.2. The monoisotopic (exact) mass is 247 g/mol. The van der Waals surface area contributed by atoms with Crippen molar-refractivity contribution in [3.05, 3.63) is 35.0 Å². The van der Waals surface area contributed by atoms with Gasteiger partial charge in [0, 0.05) is 17.1 Å². The first-order valence-corrected chi connectivity index (χ1v) is 6.91. The molecule has 0 aliphatic heterocycles. The van der Waals surface area contributed by atoms with Gasteiger partial charge in [-0.1, -0.05) is 43.0 Å². The Labute approximate surface area is 107 Å². The van der Waals surface area contributed by atoms with Gasteiger partial charge in [-0.3, -0.25) is 0 Å². The van der Waals surface area contributed by atoms with E-state index in [1.807, 2.05) is 12.1 Å². The molecule has 0 radical (unpaired) electrons. The van der Waals surface area contributed by atoms with E-state index in [2.05, 4.69) is 23.6 Å². The molecule has 2 aromatic rings. The molecule has 1 aromatic heterocycles. The molecular weight excluding hydrogens is 230 g/mol. The van der Waals surface area contributed by atoms with Crippen LogP contribution in [-0.4, -0.2) is 4.57 Å². The number of aryl methyl sites for hydroxylation is 1. The highest BCUT2D eigenvalue weighted by Crippen LogP contribution is 2.35. The van der Waals surface area contributed by atoms with Gasteiger partial charge in [-0.25, -0.2) is 0 Å². The van der Waals surface area contributed by atoms with E-state index < -0.39 is 0 Å². The zero-order valence-corrected chi connectivity index (χ0v) is 11.0. The van der Waals surface area contributed by atoms with Crippen molar-refractivity contribution in [3.63, 3.8) is 0 Å². The van der Waals surface area contributed by atoms with Gasteiger partial charge in [-0.15, -0.1) is 0 Å². The summed E-state index contributed by atoms with van der Waals surface area (Å²) >= 11 is 6.37. The summed E-state index contributed by atoms with van der Waals surface area (Å²) in [6.45, 7) is 2.20. The van der Waals surface area contributed by atoms with E-state index in [1.54, 1.807) is 0 Å². The molecule has 1 aromatic carbocycles. The quantitative estimate of drug-likeness (QED) is 0.660. The molecule has 1 saturated carbocycles. The van der Waals surface area contributed by atoms with Gasteiger partial charge < -0.3 is 4.57 Å². The van der Waals surface area contributed by atoms with Crippen molar-refractivity contribution < 1.29 is 0 Å². The molecule has 1 nitrogen and oxygen atoms in total. The van der Waals surface area contributed by atoms with Crippen LogP contribution >= 0.6 is 11.6 Å². The first-order valence-electron chi connectivity index (χ1n) is 6.53. The number of aromatic nitrogens is 1. The molecule has 1 aliphatic rings. The van der Waals surface area contributed by atoms with Gasteiger partial charge in [0.1, 0.15) is 0 Å². The maximum Gasteiger partial charge on any atom is 0.0674 e. The lowest BCUT2D eigenvalue weighted by Gasteiger charge is -2.26. The summed E-state index contributed by atoms with van der Waals surface area (Å²) in [6, 6.07) is 9.11. The second-order valence-electron chi connectivity index (χ2n) is 5.13. The predicted octanol–water partition coefficient (Wildman–Crippen LogP) is 5.11. The highest BCUT2D eigenvalue weighted by molar-refractivity contribution is 6.35. The van der Waals surface area contributed by atoms with Crippen molar-refractivity contribution in [1.29, 1.82) is 0 Å². The Kier molecular flexibility index (Phi) is 2.87. The summed E-state index contributed by atoms with van der Waals surface area (Å²) in [7, 11) is 0. The Bertz CT molecular complexity index is 535. The van der Waals surface area contributed by atoms with E-state index in [1.165, 1.54) is 48.7 Å². The summed E-state index contributed by atoms with van der Waals surface area (Å²) in [4.78, 5) is 0. The van der Waals surface area contributed by atoms with Crippen LogP contribution < -0.4 is 0 Å². The molecule has 2 heteroatoms. The van der Waals surface area contributed by atoms with Gasteiger partial charge >= 0.3 is 0 Å². The molecule has 17 heavy (non-hydrogen) atoms. The average Bonchev–Trinajstić information content (AvgIpc) is 2.68. The number of rotatable bonds is 1. The second kappa shape index (κ2) is 4.38. The maximum atomic E-state index is 6.37. The van der Waals surface area contributed by atoms with Crippen LogP contribution in [0.1, 0.15) is 43.8 Å². The summed E-state index contributed by atoms with van der Waals surface area (Å²) in [6.07, 6.45) is 6.70. The molecule has 3 rings (SSSR count). The molecular formula is C15H18ClN. The third-order valence-electron chi connectivity index (χ3n) is 3.94. The molecule has 0 unspecified atom stereocenters. The lowest BCUT2D eigenvalue weighted by atomic mass is 9.95. The Morgan fingerprint density at radius 1 is 1.18 bits per heavy atom. The summed E-state index contributed by atoms with van der Waals surface area (Å²) in [5.74, 6) is 0. The average molecular weight is 248 g/mol. The number of halogens is 1. The van der Waals surface area contributed by atoms with Gasteiger partial charge in [0.2, 0.25) is 0 Å². The Morgan fingerprint density at radius 3 is 2.71 bits per heavy atom. The number of hydrogen-bond acceptors (Lipinski definition) is 0. The van der Waals surface area contributed by atoms with E-state index >= 15 is 0 Å². The zero-order chi connectivity index (χ0) is 11.8. The zero-order valence-electron chi connectivity index (χ0n) is 10.2. The number of hydrogen-bond donors (Lipinski definition) is 0. The van der Waals surface area contributed by atoms with Crippen molar-refractivity contribution in [2.24, 2.45) is 0 Å². The molecule has 90 valence electrons. The van der Waals surface area contributed by atoms with Crippen LogP contribution in [0.25, 0.3) is 10.9 Å². The number of benzene rings is 1. The van der Waals surface area contributed by atoms with Crippen LogP contribution in [0.15, 0.2) is 24.3 Å². The molecule has 1 aliphatic carbocycles. The molecule has 0 spiro atoms. The largest absolute Gasteiger partial charge is 0.341 e. The van der Waals surface area contributed by atoms with Gasteiger partial charge in [0.15, 0.2) is 0 Å². The van der Waals surface area contributed by atoms with E-state index in [-0.39, 0.29) is 0 Å². The fraction of sp³-hybridized carbons (Fsp3) is 0.467. The maximum absolute atomic E-state index is 6.37. The smallest absolute Gasteiger partial charge is 0.0674 e. The van der Waals surface area contributed by atoms with Crippen LogP contribution in [0.5, 0.6) is 0 Å². The topological polar surface area (TPSA) is 4.93 Å². The minimum Gasteiger partial charge on any atom is -0.341 e. The van der Waals surface area contributed by atoms with Crippen LogP contribution in [0.4, 0.5) is 0 Å². The van der Waals surface area contributed by atoms with Crippen molar-refractivity contribution in [2.75, 3.05) is 0 Å². The van der Waals surface area contributed by atoms with Crippen molar-refractivity contribution >= 4 is 22.5 Å². The highest BCUT2D eigenvalue weighted by atomic mass is 35.5. The summed E-state index contributed by atoms with van der Waals surface area (Å²) in [5.41, 5.74) is 2.58. The minimum atomic E-state index is 0.654. The third kappa shape index (κ3) is 1.87. The van der Waals surface area contributed by atoms with E-state index in [0.29, 0.717) is 6.04 Å². The molecule has 1 heterocycles. The Morgan fingerprint density at radius 2 is 1.94 bits per heavy atom. The number of nitrogens with zero attached hydrogens (tertiary/aromatic N) is 1. The van der Waals surface area contributed by atoms with E-state index in [0.717, 1.165) is 5.02 Å². The third-order valence-corrected chi connectivity index (χ3v) is 4.25. The van der Waals surface area contributed by atoms with Crippen LogP contribution in [0.2, 0.25) is 5.02 Å². The molecule has 0 bridgehead atoms. The number of fused-ring (bicyclic) bond motifs is 1. The van der Waals surface area contributed by atoms with Gasteiger partial charge in [-0.2, -0.15) is 0 Å². The Balaban J connectivity index is 2.16. The molecule has 1 fully saturated rings. The fourth-order valence-electron chi connectivity index (χ4n) is 3.18. The summed E-state index contributed by atoms with van der Waals surface area (Å²) in [5, 5.41) is 2.17. The van der Waals surface area contributed by atoms with Gasteiger partial charge in [0.25, 0.3) is 0 Å². The number of para-hydroxylation sites is 1. The standard InChI is InChI=1S/C15H18ClN/c1-11-10-12-6-5-9-14(16)15(12)17(11)13-7-3-2-4-8-13/h5-6,9-10,13H,2-4,7-8H2,1H3. The molecule has 0 N–H and O–H groups in total. The normalized spacial score (nSPS) is 17.8. The van der Waals surface area contributed by atoms with E-state index in [9.17, 15) is 0 Å². The molecule has 0 amide bonds. The van der Waals surface area contributed by atoms with Crippen LogP contribution in [0, 0.1) is 6.92 Å². The van der Waals surface area contributed by atoms with Crippen molar-refractivity contribution in [3.8, 4) is 0 Å². The highest BCUT2D eigenvalue weighted by Gasteiger charge is 2.19. The van der Waals surface area contributed by atoms with Crippen molar-refractivity contribution in [2.45, 2.75) is 45.1 Å². The predicted molar refractivity (Wildman–Crippen MR) is 73.8 cm³/mol. The fourth-order valence-corrected chi connectivity index (χ4v) is 3.46. The SMILES string of the molecule is Cc1cc2cccc(Cl)c2n1C1CCCCC1. The molecule has 0 saturated heterocycles. The molecule has 0 atom stereocenters. The summed E-state index contributed by atoms with van der Waals surface area (Å²) < 4.78 is 2.47. The Hall–Kier alpha value is -0.950. The van der Waals surface area contributed by atoms with E-state index in [4.69, 9.17) is 11.6 Å².